The van der Waals surface area contributed by atoms with Gasteiger partial charge in [-0.3, -0.25) is 9.59 Å². The van der Waals surface area contributed by atoms with Crippen molar-refractivity contribution in [3.05, 3.63) is 40.8 Å². The Morgan fingerprint density at radius 1 is 0.800 bits per heavy atom. The summed E-state index contributed by atoms with van der Waals surface area (Å²) >= 11 is 0. The summed E-state index contributed by atoms with van der Waals surface area (Å²) in [6.07, 6.45) is 0. The number of nitrogens with two attached hydrogens (primary N) is 1. The molecule has 0 heterocycles. The molecule has 5 nitrogen and oxygen atoms in total. The Morgan fingerprint density at radius 3 is 1.68 bits per heavy atom. The standard InChI is InChI=1S/C20H27NO4/c1-19(2,3)10-24-17-15(22)13-8-7-12(21)9-14(13)16(23)18(17)25-11-20(4,5)6/h7-9H,10-11,21H2,1-6H3. The number of hydrogen-bond donors (Lipinski definition) is 1. The average molecular weight is 345 g/mol. The first-order valence-electron chi connectivity index (χ1n) is 8.38. The lowest BCUT2D eigenvalue weighted by molar-refractivity contribution is 0.0571. The lowest BCUT2D eigenvalue weighted by Gasteiger charge is -2.26. The lowest BCUT2D eigenvalue weighted by Crippen LogP contribution is -2.29. The minimum atomic E-state index is -0.366. The van der Waals surface area contributed by atoms with Crippen LogP contribution in [-0.4, -0.2) is 24.8 Å². The van der Waals surface area contributed by atoms with Crippen LogP contribution < -0.4 is 5.73 Å². The van der Waals surface area contributed by atoms with Crippen molar-refractivity contribution in [2.45, 2.75) is 41.5 Å². The lowest BCUT2D eigenvalue weighted by atomic mass is 9.91. The molecule has 0 aliphatic heterocycles. The van der Waals surface area contributed by atoms with Crippen LogP contribution in [0.3, 0.4) is 0 Å². The second-order valence-corrected chi connectivity index (χ2v) is 8.82. The smallest absolute Gasteiger partial charge is 0.232 e. The van der Waals surface area contributed by atoms with Crippen molar-refractivity contribution in [3.8, 4) is 0 Å². The van der Waals surface area contributed by atoms with Crippen molar-refractivity contribution in [2.24, 2.45) is 10.8 Å². The Morgan fingerprint density at radius 2 is 1.24 bits per heavy atom. The van der Waals surface area contributed by atoms with E-state index in [1.54, 1.807) is 12.1 Å². The maximum Gasteiger partial charge on any atom is 0.232 e. The zero-order chi connectivity index (χ0) is 19.0. The van der Waals surface area contributed by atoms with Gasteiger partial charge in [-0.15, -0.1) is 0 Å². The molecule has 0 atom stereocenters. The zero-order valence-electron chi connectivity index (χ0n) is 15.9. The van der Waals surface area contributed by atoms with Crippen LogP contribution >= 0.6 is 0 Å². The van der Waals surface area contributed by atoms with Crippen LogP contribution in [0.2, 0.25) is 0 Å². The Labute approximate surface area is 149 Å². The van der Waals surface area contributed by atoms with E-state index in [1.807, 2.05) is 41.5 Å². The highest BCUT2D eigenvalue weighted by Gasteiger charge is 2.36. The molecule has 1 aromatic carbocycles. The van der Waals surface area contributed by atoms with Gasteiger partial charge in [0.15, 0.2) is 0 Å². The summed E-state index contributed by atoms with van der Waals surface area (Å²) in [6.45, 7) is 12.5. The average Bonchev–Trinajstić information content (AvgIpc) is 2.46. The van der Waals surface area contributed by atoms with E-state index in [4.69, 9.17) is 15.2 Å². The minimum Gasteiger partial charge on any atom is -0.486 e. The molecule has 2 rings (SSSR count). The number of fused-ring (bicyclic) bond motifs is 1. The normalized spacial score (nSPS) is 15.3. The van der Waals surface area contributed by atoms with E-state index in [1.165, 1.54) is 6.07 Å². The Bertz CT molecular complexity index is 733. The van der Waals surface area contributed by atoms with Crippen molar-refractivity contribution < 1.29 is 19.1 Å². The SMILES string of the molecule is CC(C)(C)COC1=C(OCC(C)(C)C)C(=O)c2cc(N)ccc2C1=O. The fourth-order valence-corrected chi connectivity index (χ4v) is 2.24. The number of anilines is 1. The van der Waals surface area contributed by atoms with Crippen molar-refractivity contribution in [3.63, 3.8) is 0 Å². The molecule has 1 aromatic rings. The largest absolute Gasteiger partial charge is 0.486 e. The molecule has 0 fully saturated rings. The third-order valence-corrected chi connectivity index (χ3v) is 3.45. The molecule has 0 saturated heterocycles. The fraction of sp³-hybridized carbons (Fsp3) is 0.500. The van der Waals surface area contributed by atoms with Gasteiger partial charge in [-0.1, -0.05) is 41.5 Å². The van der Waals surface area contributed by atoms with E-state index < -0.39 is 0 Å². The Kier molecular flexibility index (Phi) is 4.98. The van der Waals surface area contributed by atoms with E-state index in [-0.39, 0.29) is 39.5 Å². The van der Waals surface area contributed by atoms with E-state index >= 15 is 0 Å². The van der Waals surface area contributed by atoms with E-state index in [0.717, 1.165) is 0 Å². The van der Waals surface area contributed by atoms with Crippen LogP contribution in [-0.2, 0) is 9.47 Å². The van der Waals surface area contributed by atoms with Crippen LogP contribution in [0, 0.1) is 10.8 Å². The third kappa shape index (κ3) is 4.62. The summed E-state index contributed by atoms with van der Waals surface area (Å²) in [5, 5.41) is 0. The molecule has 0 spiro atoms. The molecule has 2 N–H and O–H groups in total. The predicted molar refractivity (Wildman–Crippen MR) is 97.4 cm³/mol. The summed E-state index contributed by atoms with van der Waals surface area (Å²) in [6, 6.07) is 4.68. The van der Waals surface area contributed by atoms with Gasteiger partial charge in [-0.05, 0) is 29.0 Å². The summed E-state index contributed by atoms with van der Waals surface area (Å²) < 4.78 is 11.5. The Balaban J connectivity index is 2.46. The number of allylic oxidation sites excluding steroid dienone is 2. The van der Waals surface area contributed by atoms with Gasteiger partial charge in [0.25, 0.3) is 0 Å². The summed E-state index contributed by atoms with van der Waals surface area (Å²) in [5.74, 6) is -0.749. The second-order valence-electron chi connectivity index (χ2n) is 8.82. The zero-order valence-corrected chi connectivity index (χ0v) is 15.9. The van der Waals surface area contributed by atoms with Gasteiger partial charge in [0.05, 0.1) is 13.2 Å². The topological polar surface area (TPSA) is 78.6 Å². The van der Waals surface area contributed by atoms with Gasteiger partial charge in [0.2, 0.25) is 23.1 Å². The highest BCUT2D eigenvalue weighted by molar-refractivity contribution is 6.25. The first-order chi connectivity index (χ1) is 11.4. The molecular weight excluding hydrogens is 318 g/mol. The van der Waals surface area contributed by atoms with Crippen LogP contribution in [0.15, 0.2) is 29.7 Å². The van der Waals surface area contributed by atoms with Crippen molar-refractivity contribution in [1.29, 1.82) is 0 Å². The maximum absolute atomic E-state index is 12.9. The van der Waals surface area contributed by atoms with Crippen LogP contribution in [0.5, 0.6) is 0 Å². The first-order valence-corrected chi connectivity index (χ1v) is 8.38. The molecule has 0 amide bonds. The quantitative estimate of drug-likeness (QED) is 0.835. The highest BCUT2D eigenvalue weighted by atomic mass is 16.5. The van der Waals surface area contributed by atoms with Crippen LogP contribution in [0.4, 0.5) is 5.69 Å². The molecule has 0 radical (unpaired) electrons. The van der Waals surface area contributed by atoms with Crippen LogP contribution in [0.1, 0.15) is 62.3 Å². The molecule has 136 valence electrons. The first kappa shape index (κ1) is 19.0. The molecular formula is C20H27NO4. The predicted octanol–water partition coefficient (Wildman–Crippen LogP) is 3.98. The monoisotopic (exact) mass is 345 g/mol. The number of Topliss-reactive ketones (excluding diaryl/α,β-unsaturated/α-hetero) is 2. The van der Waals surface area contributed by atoms with Crippen molar-refractivity contribution in [2.75, 3.05) is 18.9 Å². The molecule has 5 heteroatoms. The van der Waals surface area contributed by atoms with Crippen molar-refractivity contribution in [1.82, 2.24) is 0 Å². The van der Waals surface area contributed by atoms with E-state index in [9.17, 15) is 9.59 Å². The number of nitrogen functional groups attached to an aromatic ring is 1. The molecule has 25 heavy (non-hydrogen) atoms. The molecule has 0 bridgehead atoms. The van der Waals surface area contributed by atoms with Gasteiger partial charge in [-0.25, -0.2) is 0 Å². The van der Waals surface area contributed by atoms with E-state index in [2.05, 4.69) is 0 Å². The van der Waals surface area contributed by atoms with Gasteiger partial charge in [0, 0.05) is 16.8 Å². The Hall–Kier alpha value is -2.30. The highest BCUT2D eigenvalue weighted by Crippen LogP contribution is 2.31. The van der Waals surface area contributed by atoms with Gasteiger partial charge >= 0.3 is 0 Å². The van der Waals surface area contributed by atoms with Crippen LogP contribution in [0.25, 0.3) is 0 Å². The molecule has 0 aromatic heterocycles. The summed E-state index contributed by atoms with van der Waals surface area (Å²) in [5.41, 5.74) is 6.44. The van der Waals surface area contributed by atoms with Gasteiger partial charge in [-0.2, -0.15) is 0 Å². The maximum atomic E-state index is 12.9. The third-order valence-electron chi connectivity index (χ3n) is 3.45. The number of benzene rings is 1. The van der Waals surface area contributed by atoms with Gasteiger partial charge < -0.3 is 15.2 Å². The van der Waals surface area contributed by atoms with Crippen molar-refractivity contribution >= 4 is 17.3 Å². The number of ketones is 2. The number of rotatable bonds is 4. The molecule has 1 aliphatic rings. The summed E-state index contributed by atoms with van der Waals surface area (Å²) in [4.78, 5) is 25.8. The minimum absolute atomic E-state index is 0.0125. The fourth-order valence-electron chi connectivity index (χ4n) is 2.24. The second kappa shape index (κ2) is 6.54. The number of carbonyl (C=O) groups is 2. The number of ether oxygens (including phenoxy) is 2. The number of hydrogen-bond acceptors (Lipinski definition) is 5. The molecule has 1 aliphatic carbocycles. The molecule has 0 unspecified atom stereocenters. The molecule has 0 saturated carbocycles. The number of carbonyl (C=O) groups excluding carboxylic acids is 2. The summed E-state index contributed by atoms with van der Waals surface area (Å²) in [7, 11) is 0. The van der Waals surface area contributed by atoms with E-state index in [0.29, 0.717) is 24.5 Å². The van der Waals surface area contributed by atoms with Gasteiger partial charge in [0.1, 0.15) is 0 Å².